The second-order valence-electron chi connectivity index (χ2n) is 9.22. The SMILES string of the molecule is CCCNC(=O)c1ccccc1NC(=O)c1ccccc1N(Cc1ccc(Cl)cc1)S(=O)(=O)c1ccc(C)cc1. The Morgan fingerprint density at radius 3 is 2.10 bits per heavy atom. The summed E-state index contributed by atoms with van der Waals surface area (Å²) >= 11 is 6.06. The van der Waals surface area contributed by atoms with E-state index in [4.69, 9.17) is 11.6 Å². The van der Waals surface area contributed by atoms with E-state index in [0.29, 0.717) is 28.4 Å². The first-order valence-electron chi connectivity index (χ1n) is 12.8. The van der Waals surface area contributed by atoms with Gasteiger partial charge in [-0.25, -0.2) is 8.42 Å². The third-order valence-electron chi connectivity index (χ3n) is 6.22. The maximum absolute atomic E-state index is 14.0. The molecule has 0 aliphatic rings. The van der Waals surface area contributed by atoms with Gasteiger partial charge in [0.05, 0.1) is 33.9 Å². The van der Waals surface area contributed by atoms with Crippen molar-refractivity contribution in [2.45, 2.75) is 31.7 Å². The number of para-hydroxylation sites is 2. The summed E-state index contributed by atoms with van der Waals surface area (Å²) in [5.74, 6) is -0.857. The van der Waals surface area contributed by atoms with Gasteiger partial charge in [-0.3, -0.25) is 13.9 Å². The zero-order valence-electron chi connectivity index (χ0n) is 22.2. The lowest BCUT2D eigenvalue weighted by atomic mass is 10.1. The Labute approximate surface area is 239 Å². The molecule has 0 heterocycles. The number of amides is 2. The zero-order valence-corrected chi connectivity index (χ0v) is 23.8. The highest BCUT2D eigenvalue weighted by atomic mass is 35.5. The molecule has 4 aromatic rings. The van der Waals surface area contributed by atoms with Crippen LogP contribution in [-0.4, -0.2) is 26.8 Å². The van der Waals surface area contributed by atoms with Crippen molar-refractivity contribution in [2.75, 3.05) is 16.2 Å². The van der Waals surface area contributed by atoms with E-state index in [1.54, 1.807) is 97.1 Å². The van der Waals surface area contributed by atoms with Gasteiger partial charge in [0.25, 0.3) is 21.8 Å². The average molecular weight is 576 g/mol. The Bertz CT molecular complexity index is 1600. The molecule has 0 unspecified atom stereocenters. The summed E-state index contributed by atoms with van der Waals surface area (Å²) < 4.78 is 29.2. The molecule has 4 aromatic carbocycles. The standard InChI is InChI=1S/C31H30ClN3O4S/c1-3-20-33-30(36)26-8-4-6-10-28(26)34-31(37)27-9-5-7-11-29(27)35(21-23-14-16-24(32)17-15-23)40(38,39)25-18-12-22(2)13-19-25/h4-19H,3,20-21H2,1-2H3,(H,33,36)(H,34,37). The van der Waals surface area contributed by atoms with Crippen LogP contribution >= 0.6 is 11.6 Å². The molecule has 0 atom stereocenters. The summed E-state index contributed by atoms with van der Waals surface area (Å²) in [6.45, 7) is 4.29. The van der Waals surface area contributed by atoms with Crippen LogP contribution in [0.4, 0.5) is 11.4 Å². The number of benzene rings is 4. The normalized spacial score (nSPS) is 11.1. The van der Waals surface area contributed by atoms with Gasteiger partial charge in [0.15, 0.2) is 0 Å². The largest absolute Gasteiger partial charge is 0.352 e. The minimum Gasteiger partial charge on any atom is -0.352 e. The van der Waals surface area contributed by atoms with Gasteiger partial charge < -0.3 is 10.6 Å². The smallest absolute Gasteiger partial charge is 0.264 e. The highest BCUT2D eigenvalue weighted by Gasteiger charge is 2.29. The first-order valence-corrected chi connectivity index (χ1v) is 14.6. The molecule has 0 saturated heterocycles. The van der Waals surface area contributed by atoms with E-state index in [9.17, 15) is 18.0 Å². The number of carbonyl (C=O) groups is 2. The van der Waals surface area contributed by atoms with Crippen molar-refractivity contribution in [3.63, 3.8) is 0 Å². The number of sulfonamides is 1. The highest BCUT2D eigenvalue weighted by molar-refractivity contribution is 7.92. The molecule has 0 radical (unpaired) electrons. The molecular formula is C31H30ClN3O4S. The predicted octanol–water partition coefficient (Wildman–Crippen LogP) is 6.44. The van der Waals surface area contributed by atoms with Crippen LogP contribution < -0.4 is 14.9 Å². The molecule has 2 N–H and O–H groups in total. The third kappa shape index (κ3) is 6.70. The summed E-state index contributed by atoms with van der Waals surface area (Å²) in [5, 5.41) is 6.15. The van der Waals surface area contributed by atoms with Gasteiger partial charge in [0, 0.05) is 11.6 Å². The first kappa shape index (κ1) is 28.9. The van der Waals surface area contributed by atoms with Crippen LogP contribution in [0.1, 0.15) is 45.2 Å². The Morgan fingerprint density at radius 1 is 0.800 bits per heavy atom. The van der Waals surface area contributed by atoms with Crippen LogP contribution in [0.25, 0.3) is 0 Å². The number of hydrogen-bond donors (Lipinski definition) is 2. The molecule has 9 heteroatoms. The molecule has 2 amide bonds. The number of rotatable bonds is 10. The molecule has 0 aliphatic heterocycles. The summed E-state index contributed by atoms with van der Waals surface area (Å²) in [6, 6.07) is 26.6. The van der Waals surface area contributed by atoms with Crippen molar-refractivity contribution in [3.8, 4) is 0 Å². The minimum atomic E-state index is -4.08. The monoisotopic (exact) mass is 575 g/mol. The second kappa shape index (κ2) is 12.8. The van der Waals surface area contributed by atoms with Crippen LogP contribution in [-0.2, 0) is 16.6 Å². The number of anilines is 2. The topological polar surface area (TPSA) is 95.6 Å². The quantitative estimate of drug-likeness (QED) is 0.227. The molecule has 7 nitrogen and oxygen atoms in total. The molecular weight excluding hydrogens is 546 g/mol. The molecule has 40 heavy (non-hydrogen) atoms. The van der Waals surface area contributed by atoms with E-state index in [2.05, 4.69) is 10.6 Å². The van der Waals surface area contributed by atoms with Crippen molar-refractivity contribution < 1.29 is 18.0 Å². The Morgan fingerprint density at radius 2 is 1.43 bits per heavy atom. The van der Waals surface area contributed by atoms with Crippen molar-refractivity contribution in [2.24, 2.45) is 0 Å². The van der Waals surface area contributed by atoms with E-state index < -0.39 is 15.9 Å². The van der Waals surface area contributed by atoms with Crippen molar-refractivity contribution in [1.82, 2.24) is 5.32 Å². The molecule has 206 valence electrons. The van der Waals surface area contributed by atoms with Crippen LogP contribution in [0, 0.1) is 6.92 Å². The molecule has 0 aromatic heterocycles. The fourth-order valence-corrected chi connectivity index (χ4v) is 5.69. The Balaban J connectivity index is 1.76. The zero-order chi connectivity index (χ0) is 28.7. The third-order valence-corrected chi connectivity index (χ3v) is 8.25. The van der Waals surface area contributed by atoms with Crippen LogP contribution in [0.2, 0.25) is 5.02 Å². The summed E-state index contributed by atoms with van der Waals surface area (Å²) in [7, 11) is -4.08. The van der Waals surface area contributed by atoms with Crippen molar-refractivity contribution in [1.29, 1.82) is 0 Å². The molecule has 0 bridgehead atoms. The number of hydrogen-bond acceptors (Lipinski definition) is 4. The first-order chi connectivity index (χ1) is 19.2. The molecule has 0 spiro atoms. The molecule has 4 rings (SSSR count). The fourth-order valence-electron chi connectivity index (χ4n) is 4.09. The number of aryl methyl sites for hydroxylation is 1. The van der Waals surface area contributed by atoms with E-state index in [-0.39, 0.29) is 28.6 Å². The van der Waals surface area contributed by atoms with Gasteiger partial charge in [-0.15, -0.1) is 0 Å². The summed E-state index contributed by atoms with van der Waals surface area (Å²) in [5.41, 5.74) is 2.57. The highest BCUT2D eigenvalue weighted by Crippen LogP contribution is 2.30. The van der Waals surface area contributed by atoms with Gasteiger partial charge in [-0.05, 0) is 67.4 Å². The van der Waals surface area contributed by atoms with Gasteiger partial charge in [0.2, 0.25) is 0 Å². The second-order valence-corrected chi connectivity index (χ2v) is 11.5. The number of halogens is 1. The maximum Gasteiger partial charge on any atom is 0.264 e. The minimum absolute atomic E-state index is 0.0340. The number of nitrogens with zero attached hydrogens (tertiary/aromatic N) is 1. The van der Waals surface area contributed by atoms with E-state index >= 15 is 0 Å². The van der Waals surface area contributed by atoms with Gasteiger partial charge in [0.1, 0.15) is 0 Å². The van der Waals surface area contributed by atoms with Gasteiger partial charge in [-0.1, -0.05) is 72.6 Å². The molecule has 0 saturated carbocycles. The average Bonchev–Trinajstić information content (AvgIpc) is 2.96. The van der Waals surface area contributed by atoms with E-state index in [1.807, 2.05) is 13.8 Å². The van der Waals surface area contributed by atoms with Gasteiger partial charge >= 0.3 is 0 Å². The number of carbonyl (C=O) groups excluding carboxylic acids is 2. The lowest BCUT2D eigenvalue weighted by Crippen LogP contribution is -2.32. The summed E-state index contributed by atoms with van der Waals surface area (Å²) in [4.78, 5) is 26.4. The van der Waals surface area contributed by atoms with Crippen LogP contribution in [0.5, 0.6) is 0 Å². The van der Waals surface area contributed by atoms with Crippen LogP contribution in [0.3, 0.4) is 0 Å². The van der Waals surface area contributed by atoms with Crippen molar-refractivity contribution in [3.05, 3.63) is 124 Å². The number of nitrogens with one attached hydrogen (secondary N) is 2. The lowest BCUT2D eigenvalue weighted by molar-refractivity contribution is 0.0954. The lowest BCUT2D eigenvalue weighted by Gasteiger charge is -2.27. The van der Waals surface area contributed by atoms with Crippen molar-refractivity contribution >= 4 is 44.8 Å². The fraction of sp³-hybridized carbons (Fsp3) is 0.161. The molecule has 0 fully saturated rings. The van der Waals surface area contributed by atoms with E-state index in [0.717, 1.165) is 12.0 Å². The van der Waals surface area contributed by atoms with Gasteiger partial charge in [-0.2, -0.15) is 0 Å². The maximum atomic E-state index is 14.0. The molecule has 0 aliphatic carbocycles. The summed E-state index contributed by atoms with van der Waals surface area (Å²) in [6.07, 6.45) is 0.770. The Hall–Kier alpha value is -4.14. The van der Waals surface area contributed by atoms with E-state index in [1.165, 1.54) is 4.31 Å². The predicted molar refractivity (Wildman–Crippen MR) is 159 cm³/mol. The van der Waals surface area contributed by atoms with Crippen LogP contribution in [0.15, 0.2) is 102 Å². The Kier molecular flexibility index (Phi) is 9.24.